The lowest BCUT2D eigenvalue weighted by molar-refractivity contribution is -0.141. The largest absolute Gasteiger partial charge is 0.354 e. The summed E-state index contributed by atoms with van der Waals surface area (Å²) in [7, 11) is -3.49. The average molecular weight is 488 g/mol. The fraction of sp³-hybridized carbons (Fsp3) is 0.462. The molecule has 0 aromatic heterocycles. The second-order valence-corrected chi connectivity index (χ2v) is 10.4. The van der Waals surface area contributed by atoms with Gasteiger partial charge in [-0.2, -0.15) is 0 Å². The van der Waals surface area contributed by atoms with Crippen LogP contribution in [-0.2, 0) is 26.2 Å². The van der Waals surface area contributed by atoms with E-state index in [1.165, 1.54) is 4.31 Å². The summed E-state index contributed by atoms with van der Waals surface area (Å²) in [6.07, 6.45) is 2.96. The summed E-state index contributed by atoms with van der Waals surface area (Å²) in [5.41, 5.74) is 2.61. The minimum atomic E-state index is -3.49. The Morgan fingerprint density at radius 3 is 2.32 bits per heavy atom. The number of amides is 2. The number of sulfonamides is 1. The van der Waals surface area contributed by atoms with Gasteiger partial charge in [0, 0.05) is 26.1 Å². The fourth-order valence-corrected chi connectivity index (χ4v) is 4.86. The molecule has 1 atom stereocenters. The summed E-state index contributed by atoms with van der Waals surface area (Å²) in [5.74, 6) is -0.325. The molecule has 8 heteroatoms. The highest BCUT2D eigenvalue weighted by molar-refractivity contribution is 7.92. The molecule has 0 radical (unpaired) electrons. The summed E-state index contributed by atoms with van der Waals surface area (Å²) < 4.78 is 26.0. The molecule has 2 aromatic carbocycles. The molecule has 1 unspecified atom stereocenters. The first kappa shape index (κ1) is 27.4. The maximum atomic E-state index is 13.4. The summed E-state index contributed by atoms with van der Waals surface area (Å²) in [4.78, 5) is 27.8. The van der Waals surface area contributed by atoms with Gasteiger partial charge in [0.05, 0.1) is 11.9 Å². The number of nitrogens with zero attached hydrogens (tertiary/aromatic N) is 2. The molecule has 0 heterocycles. The molecule has 0 saturated carbocycles. The lowest BCUT2D eigenvalue weighted by Gasteiger charge is -2.31. The van der Waals surface area contributed by atoms with Crippen molar-refractivity contribution in [2.75, 3.05) is 23.7 Å². The molecule has 0 aliphatic heterocycles. The number of benzene rings is 2. The third-order valence-corrected chi connectivity index (χ3v) is 6.76. The number of anilines is 1. The maximum Gasteiger partial charge on any atom is 0.242 e. The van der Waals surface area contributed by atoms with Crippen LogP contribution in [0.1, 0.15) is 50.7 Å². The summed E-state index contributed by atoms with van der Waals surface area (Å²) >= 11 is 0. The predicted molar refractivity (Wildman–Crippen MR) is 137 cm³/mol. The van der Waals surface area contributed by atoms with E-state index in [0.29, 0.717) is 31.6 Å². The Kier molecular flexibility index (Phi) is 10.6. The van der Waals surface area contributed by atoms with Crippen molar-refractivity contribution in [3.8, 4) is 0 Å². The molecule has 1 N–H and O–H groups in total. The van der Waals surface area contributed by atoms with Crippen LogP contribution >= 0.6 is 0 Å². The van der Waals surface area contributed by atoms with Crippen molar-refractivity contribution < 1.29 is 18.0 Å². The minimum absolute atomic E-state index is 0.141. The van der Waals surface area contributed by atoms with Crippen LogP contribution in [0.2, 0.25) is 0 Å². The molecule has 0 spiro atoms. The van der Waals surface area contributed by atoms with E-state index in [0.717, 1.165) is 23.8 Å². The molecule has 34 heavy (non-hydrogen) atoms. The van der Waals surface area contributed by atoms with E-state index in [1.807, 2.05) is 51.1 Å². The number of carbonyl (C=O) groups excluding carboxylic acids is 2. The molecule has 0 aliphatic carbocycles. The Bertz CT molecular complexity index is 1040. The van der Waals surface area contributed by atoms with E-state index >= 15 is 0 Å². The number of rotatable bonds is 13. The zero-order chi connectivity index (χ0) is 25.1. The third-order valence-electron chi connectivity index (χ3n) is 5.57. The SMILES string of the molecule is CCCNC(=O)C(CC)N(Cc1cccc(C)c1)C(=O)CCCN(c1ccccc1)S(C)(=O)=O. The third kappa shape index (κ3) is 8.17. The predicted octanol–water partition coefficient (Wildman–Crippen LogP) is 3.87. The molecule has 0 fully saturated rings. The van der Waals surface area contributed by atoms with Gasteiger partial charge in [0.1, 0.15) is 6.04 Å². The van der Waals surface area contributed by atoms with Gasteiger partial charge in [-0.15, -0.1) is 0 Å². The Morgan fingerprint density at radius 2 is 1.74 bits per heavy atom. The highest BCUT2D eigenvalue weighted by Crippen LogP contribution is 2.19. The lowest BCUT2D eigenvalue weighted by Crippen LogP contribution is -2.49. The van der Waals surface area contributed by atoms with Gasteiger partial charge in [0.25, 0.3) is 0 Å². The molecular formula is C26H37N3O4S. The van der Waals surface area contributed by atoms with Crippen LogP contribution < -0.4 is 9.62 Å². The van der Waals surface area contributed by atoms with Gasteiger partial charge < -0.3 is 10.2 Å². The topological polar surface area (TPSA) is 86.8 Å². The number of aryl methyl sites for hydroxylation is 1. The molecule has 2 amide bonds. The van der Waals surface area contributed by atoms with Gasteiger partial charge in [0.2, 0.25) is 21.8 Å². The molecular weight excluding hydrogens is 450 g/mol. The Hall–Kier alpha value is -2.87. The fourth-order valence-electron chi connectivity index (χ4n) is 3.89. The summed E-state index contributed by atoms with van der Waals surface area (Å²) in [6.45, 7) is 6.94. The number of hydrogen-bond acceptors (Lipinski definition) is 4. The van der Waals surface area contributed by atoms with Crippen molar-refractivity contribution in [2.24, 2.45) is 0 Å². The van der Waals surface area contributed by atoms with E-state index in [1.54, 1.807) is 29.2 Å². The smallest absolute Gasteiger partial charge is 0.242 e. The van der Waals surface area contributed by atoms with Crippen LogP contribution in [0, 0.1) is 6.92 Å². The maximum absolute atomic E-state index is 13.4. The molecule has 7 nitrogen and oxygen atoms in total. The van der Waals surface area contributed by atoms with Crippen molar-refractivity contribution in [2.45, 2.75) is 59.0 Å². The van der Waals surface area contributed by atoms with Gasteiger partial charge in [-0.1, -0.05) is 61.9 Å². The second-order valence-electron chi connectivity index (χ2n) is 8.50. The highest BCUT2D eigenvalue weighted by Gasteiger charge is 2.28. The van der Waals surface area contributed by atoms with E-state index in [9.17, 15) is 18.0 Å². The van der Waals surface area contributed by atoms with Gasteiger partial charge in [-0.25, -0.2) is 8.42 Å². The normalized spacial score (nSPS) is 12.1. The van der Waals surface area contributed by atoms with Crippen LogP contribution in [-0.4, -0.2) is 50.5 Å². The Labute approximate surface area is 204 Å². The van der Waals surface area contributed by atoms with E-state index in [2.05, 4.69) is 5.32 Å². The van der Waals surface area contributed by atoms with Crippen LogP contribution in [0.5, 0.6) is 0 Å². The van der Waals surface area contributed by atoms with Gasteiger partial charge in [0.15, 0.2) is 0 Å². The minimum Gasteiger partial charge on any atom is -0.354 e. The molecule has 186 valence electrons. The quantitative estimate of drug-likeness (QED) is 0.465. The number of carbonyl (C=O) groups is 2. The first-order valence-corrected chi connectivity index (χ1v) is 13.7. The lowest BCUT2D eigenvalue weighted by atomic mass is 10.1. The molecule has 0 saturated heterocycles. The number of hydrogen-bond donors (Lipinski definition) is 1. The zero-order valence-corrected chi connectivity index (χ0v) is 21.5. The molecule has 2 aromatic rings. The molecule has 2 rings (SSSR count). The van der Waals surface area contributed by atoms with Crippen molar-refractivity contribution >= 4 is 27.5 Å². The number of nitrogens with one attached hydrogen (secondary N) is 1. The van der Waals surface area contributed by atoms with Gasteiger partial charge >= 0.3 is 0 Å². The van der Waals surface area contributed by atoms with Crippen LogP contribution in [0.15, 0.2) is 54.6 Å². The van der Waals surface area contributed by atoms with Crippen LogP contribution in [0.25, 0.3) is 0 Å². The van der Waals surface area contributed by atoms with Gasteiger partial charge in [-0.05, 0) is 43.9 Å². The second kappa shape index (κ2) is 13.1. The van der Waals surface area contributed by atoms with E-state index < -0.39 is 16.1 Å². The number of para-hydroxylation sites is 1. The van der Waals surface area contributed by atoms with Crippen molar-refractivity contribution in [1.29, 1.82) is 0 Å². The van der Waals surface area contributed by atoms with Crippen molar-refractivity contribution in [1.82, 2.24) is 10.2 Å². The standard InChI is InChI=1S/C26H37N3O4S/c1-5-17-27-26(31)24(6-2)28(20-22-13-10-12-21(3)19-22)25(30)16-11-18-29(34(4,32)33)23-14-8-7-9-15-23/h7-10,12-15,19,24H,5-6,11,16-18,20H2,1-4H3,(H,27,31). The monoisotopic (exact) mass is 487 g/mol. The Morgan fingerprint density at radius 1 is 1.03 bits per heavy atom. The first-order chi connectivity index (χ1) is 16.2. The van der Waals surface area contributed by atoms with Gasteiger partial charge in [-0.3, -0.25) is 13.9 Å². The van der Waals surface area contributed by atoms with Crippen LogP contribution in [0.4, 0.5) is 5.69 Å². The van der Waals surface area contributed by atoms with Crippen molar-refractivity contribution in [3.63, 3.8) is 0 Å². The average Bonchev–Trinajstić information content (AvgIpc) is 2.80. The van der Waals surface area contributed by atoms with E-state index in [-0.39, 0.29) is 24.8 Å². The zero-order valence-electron chi connectivity index (χ0n) is 20.7. The Balaban J connectivity index is 2.18. The van der Waals surface area contributed by atoms with Crippen molar-refractivity contribution in [3.05, 3.63) is 65.7 Å². The summed E-state index contributed by atoms with van der Waals surface area (Å²) in [6, 6.07) is 16.2. The van der Waals surface area contributed by atoms with Crippen LogP contribution in [0.3, 0.4) is 0 Å². The molecule has 0 aliphatic rings. The highest BCUT2D eigenvalue weighted by atomic mass is 32.2. The van der Waals surface area contributed by atoms with E-state index in [4.69, 9.17) is 0 Å². The summed E-state index contributed by atoms with van der Waals surface area (Å²) in [5, 5.41) is 2.91. The molecule has 0 bridgehead atoms. The first-order valence-electron chi connectivity index (χ1n) is 11.8.